The second-order valence-corrected chi connectivity index (χ2v) is 24.6. The van der Waals surface area contributed by atoms with Crippen molar-refractivity contribution in [1.82, 2.24) is 5.32 Å². The number of nitrogens with one attached hydrogen (secondary N) is 1. The Morgan fingerprint density at radius 2 is 0.831 bits per heavy atom. The molecule has 11 heteroatoms. The summed E-state index contributed by atoms with van der Waals surface area (Å²) in [5, 5.41) is 57.2. The standard InChI is InChI=1S/C72H133NO10/c1-4-7-10-13-16-19-22-24-26-28-29-30-31-32-33-34-35-36-38-39-41-44-47-50-53-56-59-65(76)71(80)73-63(64(75)58-55-52-49-46-43-21-18-15-12-9-6-3)62-81-72-70(69(79)68(78)66(61-74)82-72)83-67(77)60-57-54-51-48-45-42-40-37-27-25-23-20-17-14-11-8-5-2/h16,19,24-27,55,58,63-66,68-70,72,74-76,78-79H,4-15,17-18,20-23,28-54,56-57,59-62H2,1-3H3,(H,73,80)/b19-16-,26-24-,27-25+,58-55+. The van der Waals surface area contributed by atoms with Crippen molar-refractivity contribution >= 4 is 11.9 Å². The van der Waals surface area contributed by atoms with E-state index in [1.54, 1.807) is 6.08 Å². The Hall–Kier alpha value is -2.38. The van der Waals surface area contributed by atoms with Gasteiger partial charge in [-0.05, 0) is 83.5 Å². The molecule has 1 rings (SSSR count). The number of ether oxygens (including phenoxy) is 3. The Bertz CT molecular complexity index is 1540. The van der Waals surface area contributed by atoms with Gasteiger partial charge in [0.05, 0.1) is 25.4 Å². The first kappa shape index (κ1) is 78.6. The first-order chi connectivity index (χ1) is 40.7. The molecule has 1 fully saturated rings. The van der Waals surface area contributed by atoms with E-state index in [2.05, 4.69) is 62.5 Å². The minimum absolute atomic E-state index is 0.121. The highest BCUT2D eigenvalue weighted by Crippen LogP contribution is 2.26. The van der Waals surface area contributed by atoms with Gasteiger partial charge in [0.2, 0.25) is 5.91 Å². The van der Waals surface area contributed by atoms with Crippen LogP contribution >= 0.6 is 0 Å². The number of aliphatic hydroxyl groups excluding tert-OH is 5. The number of amides is 1. The fourth-order valence-corrected chi connectivity index (χ4v) is 11.1. The average Bonchev–Trinajstić information content (AvgIpc) is 3.62. The van der Waals surface area contributed by atoms with Crippen LogP contribution in [-0.4, -0.2) is 99.6 Å². The highest BCUT2D eigenvalue weighted by molar-refractivity contribution is 5.80. The summed E-state index contributed by atoms with van der Waals surface area (Å²) >= 11 is 0. The van der Waals surface area contributed by atoms with Crippen LogP contribution in [0.15, 0.2) is 48.6 Å². The van der Waals surface area contributed by atoms with Crippen LogP contribution in [0, 0.1) is 0 Å². The lowest BCUT2D eigenvalue weighted by Crippen LogP contribution is -2.61. The first-order valence-electron chi connectivity index (χ1n) is 35.4. The number of rotatable bonds is 61. The molecule has 1 saturated heterocycles. The zero-order chi connectivity index (χ0) is 60.3. The van der Waals surface area contributed by atoms with Gasteiger partial charge in [-0.3, -0.25) is 9.59 Å². The van der Waals surface area contributed by atoms with Crippen LogP contribution in [0.3, 0.4) is 0 Å². The predicted octanol–water partition coefficient (Wildman–Crippen LogP) is 18.0. The molecule has 486 valence electrons. The van der Waals surface area contributed by atoms with Crippen molar-refractivity contribution in [1.29, 1.82) is 0 Å². The summed E-state index contributed by atoms with van der Waals surface area (Å²) in [6, 6.07) is -1.02. The van der Waals surface area contributed by atoms with E-state index in [9.17, 15) is 35.1 Å². The molecule has 0 aromatic rings. The summed E-state index contributed by atoms with van der Waals surface area (Å²) in [7, 11) is 0. The Morgan fingerprint density at radius 3 is 1.27 bits per heavy atom. The van der Waals surface area contributed by atoms with Gasteiger partial charge in [-0.1, -0.05) is 294 Å². The van der Waals surface area contributed by atoms with Crippen LogP contribution in [0.5, 0.6) is 0 Å². The van der Waals surface area contributed by atoms with Gasteiger partial charge in [-0.25, -0.2) is 0 Å². The minimum Gasteiger partial charge on any atom is -0.454 e. The van der Waals surface area contributed by atoms with E-state index in [1.165, 1.54) is 212 Å². The highest BCUT2D eigenvalue weighted by Gasteiger charge is 2.47. The molecule has 0 radical (unpaired) electrons. The van der Waals surface area contributed by atoms with Crippen LogP contribution in [0.1, 0.15) is 335 Å². The zero-order valence-corrected chi connectivity index (χ0v) is 54.1. The quantitative estimate of drug-likeness (QED) is 0.0195. The van der Waals surface area contributed by atoms with Crippen LogP contribution in [0.4, 0.5) is 0 Å². The van der Waals surface area contributed by atoms with Crippen molar-refractivity contribution in [2.24, 2.45) is 0 Å². The Kier molecular flexibility index (Phi) is 56.8. The molecule has 0 aliphatic carbocycles. The maximum Gasteiger partial charge on any atom is 0.306 e. The van der Waals surface area contributed by atoms with Gasteiger partial charge in [0.25, 0.3) is 0 Å². The minimum atomic E-state index is -1.61. The third-order valence-corrected chi connectivity index (χ3v) is 16.7. The Balaban J connectivity index is 2.53. The summed E-state index contributed by atoms with van der Waals surface area (Å²) < 4.78 is 17.7. The van der Waals surface area contributed by atoms with Gasteiger partial charge in [0.1, 0.15) is 24.4 Å². The molecule has 0 aromatic heterocycles. The lowest BCUT2D eigenvalue weighted by Gasteiger charge is -2.41. The number of carbonyl (C=O) groups excluding carboxylic acids is 2. The topological polar surface area (TPSA) is 175 Å². The number of hydrogen-bond acceptors (Lipinski definition) is 10. The molecule has 0 bridgehead atoms. The number of esters is 1. The summed E-state index contributed by atoms with van der Waals surface area (Å²) in [6.45, 7) is 5.79. The number of unbranched alkanes of at least 4 members (excludes halogenated alkanes) is 41. The van der Waals surface area contributed by atoms with Crippen LogP contribution in [0.2, 0.25) is 0 Å². The van der Waals surface area contributed by atoms with Gasteiger partial charge in [0, 0.05) is 6.42 Å². The molecular formula is C72H133NO10. The summed E-state index contributed by atoms with van der Waals surface area (Å²) in [4.78, 5) is 26.6. The Labute approximate surface area is 510 Å². The normalized spacial score (nSPS) is 18.8. The van der Waals surface area contributed by atoms with Crippen molar-refractivity contribution < 1.29 is 49.3 Å². The van der Waals surface area contributed by atoms with Gasteiger partial charge in [0.15, 0.2) is 12.4 Å². The molecule has 0 spiro atoms. The van der Waals surface area contributed by atoms with Crippen LogP contribution in [0.25, 0.3) is 0 Å². The lowest BCUT2D eigenvalue weighted by molar-refractivity contribution is -0.305. The van der Waals surface area contributed by atoms with Gasteiger partial charge in [-0.15, -0.1) is 0 Å². The molecule has 1 aliphatic rings. The average molecular weight is 1170 g/mol. The molecule has 11 nitrogen and oxygen atoms in total. The summed E-state index contributed by atoms with van der Waals surface area (Å²) in [5.41, 5.74) is 0. The number of aliphatic hydroxyl groups is 5. The number of carbonyl (C=O) groups is 2. The van der Waals surface area contributed by atoms with Crippen molar-refractivity contribution in [3.63, 3.8) is 0 Å². The van der Waals surface area contributed by atoms with E-state index in [-0.39, 0.29) is 13.0 Å². The summed E-state index contributed by atoms with van der Waals surface area (Å²) in [6.07, 6.45) is 64.5. The van der Waals surface area contributed by atoms with Crippen LogP contribution in [-0.2, 0) is 23.8 Å². The fourth-order valence-electron chi connectivity index (χ4n) is 11.1. The second-order valence-electron chi connectivity index (χ2n) is 24.6. The smallest absolute Gasteiger partial charge is 0.306 e. The largest absolute Gasteiger partial charge is 0.454 e. The zero-order valence-electron chi connectivity index (χ0n) is 54.1. The van der Waals surface area contributed by atoms with Crippen molar-refractivity contribution in [2.45, 2.75) is 384 Å². The molecule has 1 aliphatic heterocycles. The monoisotopic (exact) mass is 1170 g/mol. The molecule has 1 amide bonds. The van der Waals surface area contributed by atoms with Gasteiger partial charge >= 0.3 is 5.97 Å². The van der Waals surface area contributed by atoms with E-state index in [0.717, 1.165) is 77.0 Å². The molecule has 0 aromatic carbocycles. The fraction of sp³-hybridized carbons (Fsp3) is 0.861. The lowest BCUT2D eigenvalue weighted by atomic mass is 9.99. The molecule has 0 saturated carbocycles. The maximum absolute atomic E-state index is 13.5. The molecule has 8 atom stereocenters. The molecule has 6 N–H and O–H groups in total. The number of hydrogen-bond donors (Lipinski definition) is 6. The maximum atomic E-state index is 13.5. The SMILES string of the molecule is CCCCC/C=C\C/C=C\CCCCCCCCCCCCCCCCCCC(O)C(=O)NC(COC1OC(CO)C(O)C(O)C1OC(=O)CCCCCCCCC/C=C/CCCCCCCC)C(O)/C=C/CCCCCCCCCCC. The third kappa shape index (κ3) is 47.4. The highest BCUT2D eigenvalue weighted by atomic mass is 16.7. The van der Waals surface area contributed by atoms with Crippen molar-refractivity contribution in [2.75, 3.05) is 13.2 Å². The van der Waals surface area contributed by atoms with E-state index in [4.69, 9.17) is 14.2 Å². The first-order valence-corrected chi connectivity index (χ1v) is 35.4. The summed E-state index contributed by atoms with van der Waals surface area (Å²) in [5.74, 6) is -1.19. The van der Waals surface area contributed by atoms with E-state index < -0.39 is 67.4 Å². The molecule has 1 heterocycles. The van der Waals surface area contributed by atoms with Crippen molar-refractivity contribution in [3.8, 4) is 0 Å². The second kappa shape index (κ2) is 59.9. The van der Waals surface area contributed by atoms with E-state index in [0.29, 0.717) is 19.3 Å². The molecular weight excluding hydrogens is 1040 g/mol. The van der Waals surface area contributed by atoms with Crippen LogP contribution < -0.4 is 5.32 Å². The Morgan fingerprint density at radius 1 is 0.470 bits per heavy atom. The van der Waals surface area contributed by atoms with E-state index >= 15 is 0 Å². The van der Waals surface area contributed by atoms with Crippen molar-refractivity contribution in [3.05, 3.63) is 48.6 Å². The molecule has 83 heavy (non-hydrogen) atoms. The van der Waals surface area contributed by atoms with Gasteiger partial charge in [-0.2, -0.15) is 0 Å². The third-order valence-electron chi connectivity index (χ3n) is 16.7. The van der Waals surface area contributed by atoms with E-state index in [1.807, 2.05) is 6.08 Å². The van der Waals surface area contributed by atoms with Gasteiger partial charge < -0.3 is 45.1 Å². The number of allylic oxidation sites excluding steroid dienone is 7. The predicted molar refractivity (Wildman–Crippen MR) is 347 cm³/mol. The molecule has 8 unspecified atom stereocenters.